The fourth-order valence-electron chi connectivity index (χ4n) is 2.94. The van der Waals surface area contributed by atoms with Crippen LogP contribution in [-0.2, 0) is 0 Å². The second-order valence-corrected chi connectivity index (χ2v) is 6.53. The van der Waals surface area contributed by atoms with Crippen molar-refractivity contribution in [3.63, 3.8) is 0 Å². The maximum atomic E-state index is 6.30. The summed E-state index contributed by atoms with van der Waals surface area (Å²) in [4.78, 5) is 4.68. The van der Waals surface area contributed by atoms with Gasteiger partial charge in [-0.25, -0.2) is 4.98 Å². The Morgan fingerprint density at radius 3 is 2.95 bits per heavy atom. The molecule has 1 aliphatic rings. The van der Waals surface area contributed by atoms with Crippen molar-refractivity contribution in [2.75, 3.05) is 0 Å². The van der Waals surface area contributed by atoms with Crippen LogP contribution in [0.25, 0.3) is 11.0 Å². The van der Waals surface area contributed by atoms with Gasteiger partial charge in [-0.15, -0.1) is 11.6 Å². The molecule has 1 heterocycles. The summed E-state index contributed by atoms with van der Waals surface area (Å²) >= 11 is 12.4. The molecule has 1 aromatic heterocycles. The summed E-state index contributed by atoms with van der Waals surface area (Å²) in [5.74, 6) is 1.75. The first-order valence-electron chi connectivity index (χ1n) is 6.93. The highest BCUT2D eigenvalue weighted by Crippen LogP contribution is 2.49. The minimum atomic E-state index is -0.0750. The first-order chi connectivity index (χ1) is 9.11. The predicted octanol–water partition coefficient (Wildman–Crippen LogP) is 5.35. The summed E-state index contributed by atoms with van der Waals surface area (Å²) in [7, 11) is 0. The van der Waals surface area contributed by atoms with Crippen molar-refractivity contribution in [2.24, 2.45) is 5.92 Å². The van der Waals surface area contributed by atoms with E-state index in [9.17, 15) is 0 Å². The molecule has 0 saturated heterocycles. The fraction of sp³-hybridized carbons (Fsp3) is 0.533. The fourth-order valence-corrected chi connectivity index (χ4v) is 3.26. The Morgan fingerprint density at radius 2 is 2.26 bits per heavy atom. The Hall–Kier alpha value is -0.730. The lowest BCUT2D eigenvalue weighted by molar-refractivity contribution is 0.598. The molecule has 0 radical (unpaired) electrons. The molecule has 102 valence electrons. The van der Waals surface area contributed by atoms with E-state index in [1.807, 2.05) is 25.1 Å². The zero-order valence-electron chi connectivity index (χ0n) is 11.2. The number of fused-ring (bicyclic) bond motifs is 1. The summed E-state index contributed by atoms with van der Waals surface area (Å²) in [6.07, 6.45) is 3.75. The molecule has 3 rings (SSSR count). The second-order valence-electron chi connectivity index (χ2n) is 5.44. The van der Waals surface area contributed by atoms with Crippen LogP contribution in [0.4, 0.5) is 0 Å². The number of nitrogens with zero attached hydrogens (tertiary/aromatic N) is 2. The average Bonchev–Trinajstić information content (AvgIpc) is 3.00. The number of alkyl halides is 1. The molecule has 3 unspecified atom stereocenters. The van der Waals surface area contributed by atoms with E-state index in [1.54, 1.807) is 0 Å². The molecular weight excluding hydrogens is 279 g/mol. The Labute approximate surface area is 123 Å². The summed E-state index contributed by atoms with van der Waals surface area (Å²) in [6, 6.07) is 6.43. The van der Waals surface area contributed by atoms with Crippen molar-refractivity contribution in [3.05, 3.63) is 29.0 Å². The maximum absolute atomic E-state index is 6.30. The van der Waals surface area contributed by atoms with Crippen LogP contribution in [0.1, 0.15) is 50.4 Å². The third-order valence-electron chi connectivity index (χ3n) is 3.91. The lowest BCUT2D eigenvalue weighted by Crippen LogP contribution is -2.03. The van der Waals surface area contributed by atoms with E-state index in [-0.39, 0.29) is 5.38 Å². The SMILES string of the molecule is CCCC1CC1n1c(C(C)Cl)nc2ccc(Cl)cc21. The van der Waals surface area contributed by atoms with Gasteiger partial charge in [0.2, 0.25) is 0 Å². The highest BCUT2D eigenvalue weighted by Gasteiger charge is 2.40. The predicted molar refractivity (Wildman–Crippen MR) is 81.1 cm³/mol. The number of hydrogen-bond donors (Lipinski definition) is 0. The van der Waals surface area contributed by atoms with E-state index < -0.39 is 0 Å². The van der Waals surface area contributed by atoms with Crippen LogP contribution in [0.2, 0.25) is 5.02 Å². The molecule has 4 heteroatoms. The van der Waals surface area contributed by atoms with Crippen molar-refractivity contribution < 1.29 is 0 Å². The zero-order chi connectivity index (χ0) is 13.6. The van der Waals surface area contributed by atoms with Gasteiger partial charge in [0.15, 0.2) is 0 Å². The summed E-state index contributed by atoms with van der Waals surface area (Å²) < 4.78 is 2.32. The third-order valence-corrected chi connectivity index (χ3v) is 4.34. The largest absolute Gasteiger partial charge is 0.323 e. The Morgan fingerprint density at radius 1 is 1.47 bits per heavy atom. The highest BCUT2D eigenvalue weighted by atomic mass is 35.5. The van der Waals surface area contributed by atoms with Crippen molar-refractivity contribution in [2.45, 2.75) is 44.5 Å². The quantitative estimate of drug-likeness (QED) is 0.695. The van der Waals surface area contributed by atoms with E-state index in [2.05, 4.69) is 16.5 Å². The standard InChI is InChI=1S/C15H18Cl2N2/c1-3-4-10-7-13(10)19-14-8-11(17)5-6-12(14)18-15(19)9(2)16/h5-6,8-10,13H,3-4,7H2,1-2H3. The van der Waals surface area contributed by atoms with Crippen LogP contribution in [0.5, 0.6) is 0 Å². The molecule has 2 nitrogen and oxygen atoms in total. The smallest absolute Gasteiger partial charge is 0.127 e. The van der Waals surface area contributed by atoms with Gasteiger partial charge in [-0.1, -0.05) is 24.9 Å². The molecule has 0 amide bonds. The van der Waals surface area contributed by atoms with E-state index in [0.717, 1.165) is 27.8 Å². The number of imidazole rings is 1. The van der Waals surface area contributed by atoms with Gasteiger partial charge in [0.1, 0.15) is 5.82 Å². The minimum absolute atomic E-state index is 0.0750. The summed E-state index contributed by atoms with van der Waals surface area (Å²) in [6.45, 7) is 4.22. The lowest BCUT2D eigenvalue weighted by atomic mass is 10.2. The Balaban J connectivity index is 2.09. The van der Waals surface area contributed by atoms with E-state index in [4.69, 9.17) is 23.2 Å². The van der Waals surface area contributed by atoms with Crippen molar-refractivity contribution >= 4 is 34.2 Å². The van der Waals surface area contributed by atoms with E-state index in [0.29, 0.717) is 6.04 Å². The molecule has 0 N–H and O–H groups in total. The van der Waals surface area contributed by atoms with Gasteiger partial charge in [0, 0.05) is 11.1 Å². The molecule has 1 aromatic carbocycles. The van der Waals surface area contributed by atoms with Gasteiger partial charge < -0.3 is 4.57 Å². The van der Waals surface area contributed by atoms with Gasteiger partial charge in [-0.2, -0.15) is 0 Å². The van der Waals surface area contributed by atoms with E-state index >= 15 is 0 Å². The van der Waals surface area contributed by atoms with E-state index in [1.165, 1.54) is 19.3 Å². The molecule has 1 aliphatic carbocycles. The molecule has 0 bridgehead atoms. The number of aromatic nitrogens is 2. The normalized spacial score (nSPS) is 23.8. The maximum Gasteiger partial charge on any atom is 0.127 e. The molecule has 0 aliphatic heterocycles. The zero-order valence-corrected chi connectivity index (χ0v) is 12.7. The number of rotatable bonds is 4. The van der Waals surface area contributed by atoms with Crippen LogP contribution < -0.4 is 0 Å². The number of hydrogen-bond acceptors (Lipinski definition) is 1. The van der Waals surface area contributed by atoms with Gasteiger partial charge in [0.25, 0.3) is 0 Å². The molecule has 1 saturated carbocycles. The molecule has 19 heavy (non-hydrogen) atoms. The first-order valence-corrected chi connectivity index (χ1v) is 7.74. The average molecular weight is 297 g/mol. The Kier molecular flexibility index (Phi) is 3.48. The van der Waals surface area contributed by atoms with Gasteiger partial charge in [-0.3, -0.25) is 0 Å². The monoisotopic (exact) mass is 296 g/mol. The van der Waals surface area contributed by atoms with Crippen LogP contribution in [0.3, 0.4) is 0 Å². The van der Waals surface area contributed by atoms with Crippen LogP contribution in [-0.4, -0.2) is 9.55 Å². The molecule has 0 spiro atoms. The molecule has 3 atom stereocenters. The van der Waals surface area contributed by atoms with Crippen molar-refractivity contribution in [3.8, 4) is 0 Å². The molecular formula is C15H18Cl2N2. The first kappa shape index (κ1) is 13.3. The third kappa shape index (κ3) is 2.36. The highest BCUT2D eigenvalue weighted by molar-refractivity contribution is 6.31. The second kappa shape index (κ2) is 4.99. The van der Waals surface area contributed by atoms with Gasteiger partial charge in [0.05, 0.1) is 16.4 Å². The summed E-state index contributed by atoms with van der Waals surface area (Å²) in [5.41, 5.74) is 2.12. The van der Waals surface area contributed by atoms with Crippen LogP contribution in [0.15, 0.2) is 18.2 Å². The minimum Gasteiger partial charge on any atom is -0.323 e. The Bertz CT molecular complexity index is 603. The number of benzene rings is 1. The topological polar surface area (TPSA) is 17.8 Å². The molecule has 2 aromatic rings. The van der Waals surface area contributed by atoms with Gasteiger partial charge >= 0.3 is 0 Å². The van der Waals surface area contributed by atoms with Crippen LogP contribution in [0, 0.1) is 5.92 Å². The number of halogens is 2. The van der Waals surface area contributed by atoms with Gasteiger partial charge in [-0.05, 0) is 43.9 Å². The summed E-state index contributed by atoms with van der Waals surface area (Å²) in [5, 5.41) is 0.684. The van der Waals surface area contributed by atoms with Crippen molar-refractivity contribution in [1.29, 1.82) is 0 Å². The lowest BCUT2D eigenvalue weighted by Gasteiger charge is -2.10. The van der Waals surface area contributed by atoms with Crippen LogP contribution >= 0.6 is 23.2 Å². The van der Waals surface area contributed by atoms with Crippen molar-refractivity contribution in [1.82, 2.24) is 9.55 Å². The molecule has 1 fully saturated rings.